The highest BCUT2D eigenvalue weighted by Crippen LogP contribution is 2.28. The predicted molar refractivity (Wildman–Crippen MR) is 172 cm³/mol. The Hall–Kier alpha value is -3.20. The third-order valence-electron chi connectivity index (χ3n) is 6.97. The van der Waals surface area contributed by atoms with E-state index in [2.05, 4.69) is 30.2 Å². The van der Waals surface area contributed by atoms with Crippen LogP contribution in [0.1, 0.15) is 89.0 Å². The van der Waals surface area contributed by atoms with E-state index in [0.29, 0.717) is 23.5 Å². The molecule has 2 aromatic rings. The first kappa shape index (κ1) is 35.0. The molecule has 0 spiro atoms. The number of thiol groups is 1. The summed E-state index contributed by atoms with van der Waals surface area (Å²) in [5.74, 6) is -0.0240. The van der Waals surface area contributed by atoms with Crippen LogP contribution in [0.2, 0.25) is 0 Å². The first-order chi connectivity index (χ1) is 19.9. The lowest BCUT2D eigenvalue weighted by Gasteiger charge is -2.34. The van der Waals surface area contributed by atoms with Crippen LogP contribution < -0.4 is 15.4 Å². The summed E-state index contributed by atoms with van der Waals surface area (Å²) < 4.78 is 10.7. The van der Waals surface area contributed by atoms with Crippen molar-refractivity contribution in [1.82, 2.24) is 10.2 Å². The monoisotopic (exact) mass is 599 g/mol. The average molecular weight is 600 g/mol. The second kappa shape index (κ2) is 17.0. The molecular weight excluding hydrogens is 550 g/mol. The molecule has 9 heteroatoms. The van der Waals surface area contributed by atoms with Gasteiger partial charge >= 0.3 is 6.09 Å². The van der Waals surface area contributed by atoms with E-state index in [1.165, 1.54) is 6.42 Å². The quantitative estimate of drug-likeness (QED) is 0.151. The number of unbranched alkanes of at least 4 members (excludes halogenated alkanes) is 5. The molecule has 2 N–H and O–H groups in total. The molecule has 0 aliphatic carbocycles. The standard InChI is InChI=1S/C33H49N3O5S/c1-8-9-10-11-12-13-20-36(31(38)28(22-42)35-32(39)41-33(4,5)6)29(25-15-14-23(2)24(3)21-25)30(37)34-26-16-18-27(40-7)19-17-26/h14-19,21,28-29,42H,8-13,20,22H2,1-7H3,(H,34,37)(H,35,39). The van der Waals surface area contributed by atoms with Gasteiger partial charge in [-0.05, 0) is 82.0 Å². The number of ether oxygens (including phenoxy) is 2. The number of nitrogens with one attached hydrogen (secondary N) is 2. The molecule has 2 unspecified atom stereocenters. The molecule has 0 heterocycles. The number of hydrogen-bond acceptors (Lipinski definition) is 6. The summed E-state index contributed by atoms with van der Waals surface area (Å²) in [6.45, 7) is 11.8. The maximum Gasteiger partial charge on any atom is 0.408 e. The molecule has 0 saturated heterocycles. The van der Waals surface area contributed by atoms with Crippen molar-refractivity contribution in [1.29, 1.82) is 0 Å². The van der Waals surface area contributed by atoms with Crippen LogP contribution in [0.25, 0.3) is 0 Å². The Labute approximate surface area is 257 Å². The van der Waals surface area contributed by atoms with Crippen LogP contribution in [0.15, 0.2) is 42.5 Å². The van der Waals surface area contributed by atoms with Gasteiger partial charge in [0.15, 0.2) is 0 Å². The molecule has 42 heavy (non-hydrogen) atoms. The Morgan fingerprint density at radius 2 is 1.57 bits per heavy atom. The maximum atomic E-state index is 14.2. The largest absolute Gasteiger partial charge is 0.497 e. The van der Waals surface area contributed by atoms with E-state index in [9.17, 15) is 14.4 Å². The highest BCUT2D eigenvalue weighted by Gasteiger charge is 2.36. The van der Waals surface area contributed by atoms with Gasteiger partial charge in [-0.2, -0.15) is 12.6 Å². The number of aryl methyl sites for hydroxylation is 2. The first-order valence-corrected chi connectivity index (χ1v) is 15.5. The van der Waals surface area contributed by atoms with Gasteiger partial charge in [-0.3, -0.25) is 9.59 Å². The predicted octanol–water partition coefficient (Wildman–Crippen LogP) is 7.00. The molecule has 0 aliphatic heterocycles. The van der Waals surface area contributed by atoms with Gasteiger partial charge in [-0.25, -0.2) is 4.79 Å². The fraction of sp³-hybridized carbons (Fsp3) is 0.545. The van der Waals surface area contributed by atoms with Crippen molar-refractivity contribution in [3.8, 4) is 5.75 Å². The molecule has 0 fully saturated rings. The number of hydrogen-bond donors (Lipinski definition) is 3. The molecule has 2 rings (SSSR count). The van der Waals surface area contributed by atoms with Crippen molar-refractivity contribution < 1.29 is 23.9 Å². The van der Waals surface area contributed by atoms with E-state index in [1.54, 1.807) is 57.0 Å². The Morgan fingerprint density at radius 1 is 0.929 bits per heavy atom. The molecule has 0 aliphatic rings. The zero-order valence-corrected chi connectivity index (χ0v) is 27.2. The van der Waals surface area contributed by atoms with Crippen LogP contribution in [0.3, 0.4) is 0 Å². The molecule has 0 saturated carbocycles. The maximum absolute atomic E-state index is 14.2. The zero-order chi connectivity index (χ0) is 31.3. The number of rotatable bonds is 15. The summed E-state index contributed by atoms with van der Waals surface area (Å²) in [6.07, 6.45) is 5.42. The van der Waals surface area contributed by atoms with E-state index >= 15 is 0 Å². The number of amides is 3. The Morgan fingerprint density at radius 3 is 2.14 bits per heavy atom. The average Bonchev–Trinajstić information content (AvgIpc) is 2.93. The topological polar surface area (TPSA) is 97.0 Å². The van der Waals surface area contributed by atoms with Crippen LogP contribution in [0.4, 0.5) is 10.5 Å². The number of anilines is 1. The van der Waals surface area contributed by atoms with Crippen molar-refractivity contribution in [3.05, 3.63) is 59.2 Å². The lowest BCUT2D eigenvalue weighted by molar-refractivity contribution is -0.140. The smallest absolute Gasteiger partial charge is 0.408 e. The van der Waals surface area contributed by atoms with Gasteiger partial charge in [-0.15, -0.1) is 0 Å². The zero-order valence-electron chi connectivity index (χ0n) is 26.3. The molecule has 0 aromatic heterocycles. The highest BCUT2D eigenvalue weighted by molar-refractivity contribution is 7.80. The molecule has 0 bridgehead atoms. The Bertz CT molecular complexity index is 1160. The van der Waals surface area contributed by atoms with Crippen molar-refractivity contribution in [3.63, 3.8) is 0 Å². The van der Waals surface area contributed by atoms with Gasteiger partial charge in [0.25, 0.3) is 5.91 Å². The number of carbonyl (C=O) groups excluding carboxylic acids is 3. The van der Waals surface area contributed by atoms with Gasteiger partial charge in [0.2, 0.25) is 5.91 Å². The van der Waals surface area contributed by atoms with Crippen LogP contribution in [0.5, 0.6) is 5.75 Å². The fourth-order valence-corrected chi connectivity index (χ4v) is 4.80. The number of alkyl carbamates (subject to hydrolysis) is 1. The van der Waals surface area contributed by atoms with Crippen LogP contribution in [-0.4, -0.2) is 53.9 Å². The SMILES string of the molecule is CCCCCCCCN(C(=O)C(CS)NC(=O)OC(C)(C)C)C(C(=O)Nc1ccc(OC)cc1)c1ccc(C)c(C)c1. The van der Waals surface area contributed by atoms with Crippen molar-refractivity contribution in [2.75, 3.05) is 24.7 Å². The van der Waals surface area contributed by atoms with Crippen LogP contribution in [0, 0.1) is 13.8 Å². The highest BCUT2D eigenvalue weighted by atomic mass is 32.1. The Kier molecular flexibility index (Phi) is 14.2. The number of methoxy groups -OCH3 is 1. The summed E-state index contributed by atoms with van der Waals surface area (Å²) in [5, 5.41) is 5.66. The number of benzene rings is 2. The van der Waals surface area contributed by atoms with Crippen LogP contribution in [-0.2, 0) is 14.3 Å². The van der Waals surface area contributed by atoms with Crippen molar-refractivity contribution in [2.24, 2.45) is 0 Å². The van der Waals surface area contributed by atoms with Gasteiger partial charge in [0, 0.05) is 18.0 Å². The molecular formula is C33H49N3O5S. The van der Waals surface area contributed by atoms with E-state index in [4.69, 9.17) is 9.47 Å². The van der Waals surface area contributed by atoms with E-state index in [0.717, 1.165) is 43.2 Å². The summed E-state index contributed by atoms with van der Waals surface area (Å²) in [4.78, 5) is 42.4. The number of carbonyl (C=O) groups is 3. The lowest BCUT2D eigenvalue weighted by atomic mass is 9.98. The molecule has 2 aromatic carbocycles. The second-order valence-corrected chi connectivity index (χ2v) is 12.0. The van der Waals surface area contributed by atoms with Gasteiger partial charge in [0.05, 0.1) is 7.11 Å². The van der Waals surface area contributed by atoms with E-state index in [1.807, 2.05) is 32.0 Å². The van der Waals surface area contributed by atoms with Crippen LogP contribution >= 0.6 is 12.6 Å². The molecule has 8 nitrogen and oxygen atoms in total. The Balaban J connectivity index is 2.47. The van der Waals surface area contributed by atoms with Gasteiger partial charge in [-0.1, -0.05) is 57.2 Å². The number of nitrogens with zero attached hydrogens (tertiary/aromatic N) is 1. The first-order valence-electron chi connectivity index (χ1n) is 14.8. The molecule has 0 radical (unpaired) electrons. The fourth-order valence-electron chi connectivity index (χ4n) is 4.56. The van der Waals surface area contributed by atoms with E-state index in [-0.39, 0.29) is 11.7 Å². The molecule has 232 valence electrons. The third-order valence-corrected chi connectivity index (χ3v) is 7.34. The van der Waals surface area contributed by atoms with Gasteiger partial charge in [0.1, 0.15) is 23.4 Å². The summed E-state index contributed by atoms with van der Waals surface area (Å²) in [6, 6.07) is 10.9. The normalized spacial score (nSPS) is 12.7. The van der Waals surface area contributed by atoms with Crippen molar-refractivity contribution >= 4 is 36.2 Å². The van der Waals surface area contributed by atoms with Gasteiger partial charge < -0.3 is 25.0 Å². The minimum absolute atomic E-state index is 0.0464. The van der Waals surface area contributed by atoms with E-state index < -0.39 is 29.7 Å². The molecule has 3 amide bonds. The van der Waals surface area contributed by atoms with Crippen molar-refractivity contribution in [2.45, 2.75) is 97.8 Å². The summed E-state index contributed by atoms with van der Waals surface area (Å²) >= 11 is 4.39. The third kappa shape index (κ3) is 11.2. The lowest BCUT2D eigenvalue weighted by Crippen LogP contribution is -2.53. The molecule has 2 atom stereocenters. The summed E-state index contributed by atoms with van der Waals surface area (Å²) in [7, 11) is 1.58. The minimum atomic E-state index is -0.980. The second-order valence-electron chi connectivity index (χ2n) is 11.6. The summed E-state index contributed by atoms with van der Waals surface area (Å²) in [5.41, 5.74) is 2.64. The minimum Gasteiger partial charge on any atom is -0.497 e.